The van der Waals surface area contributed by atoms with Crippen molar-refractivity contribution in [3.8, 4) is 0 Å². The van der Waals surface area contributed by atoms with Crippen molar-refractivity contribution < 1.29 is 19.3 Å². The van der Waals surface area contributed by atoms with Crippen LogP contribution < -0.4 is 0 Å². The van der Waals surface area contributed by atoms with E-state index in [1.165, 1.54) is 0 Å². The van der Waals surface area contributed by atoms with Crippen LogP contribution in [0.5, 0.6) is 0 Å². The lowest BCUT2D eigenvalue weighted by Gasteiger charge is -2.18. The first-order valence-electron chi connectivity index (χ1n) is 5.55. The van der Waals surface area contributed by atoms with Gasteiger partial charge in [0.05, 0.1) is 38.1 Å². The summed E-state index contributed by atoms with van der Waals surface area (Å²) in [7, 11) is 0. The van der Waals surface area contributed by atoms with Crippen molar-refractivity contribution in [2.45, 2.75) is 46.0 Å². The van der Waals surface area contributed by atoms with Gasteiger partial charge in [0.1, 0.15) is 0 Å². The number of aliphatic hydroxyl groups excluding tert-OH is 1. The molecule has 0 aliphatic rings. The fourth-order valence-corrected chi connectivity index (χ4v) is 1.03. The molecule has 3 atom stereocenters. The van der Waals surface area contributed by atoms with E-state index in [0.717, 1.165) is 0 Å². The summed E-state index contributed by atoms with van der Waals surface area (Å²) in [4.78, 5) is 0. The molecule has 0 aliphatic carbocycles. The normalized spacial score (nSPS) is 17.4. The fourth-order valence-electron chi connectivity index (χ4n) is 1.03. The molecule has 15 heavy (non-hydrogen) atoms. The summed E-state index contributed by atoms with van der Waals surface area (Å²) in [6, 6.07) is 0. The third-order valence-electron chi connectivity index (χ3n) is 1.94. The molecule has 0 aromatic rings. The summed E-state index contributed by atoms with van der Waals surface area (Å²) in [6.45, 7) is 9.54. The zero-order valence-corrected chi connectivity index (χ0v) is 10.2. The maximum absolute atomic E-state index is 8.75. The third kappa shape index (κ3) is 8.81. The highest BCUT2D eigenvalue weighted by atomic mass is 16.6. The van der Waals surface area contributed by atoms with E-state index in [0.29, 0.717) is 19.8 Å². The Balaban J connectivity index is 3.44. The van der Waals surface area contributed by atoms with Gasteiger partial charge in [0.25, 0.3) is 0 Å². The van der Waals surface area contributed by atoms with Gasteiger partial charge in [-0.2, -0.15) is 0 Å². The highest BCUT2D eigenvalue weighted by Crippen LogP contribution is 1.99. The lowest BCUT2D eigenvalue weighted by molar-refractivity contribution is -0.0729. The van der Waals surface area contributed by atoms with E-state index in [2.05, 4.69) is 0 Å². The molecular formula is C11H24O4. The van der Waals surface area contributed by atoms with Crippen LogP contribution >= 0.6 is 0 Å². The molecule has 4 nitrogen and oxygen atoms in total. The van der Waals surface area contributed by atoms with Gasteiger partial charge in [0, 0.05) is 6.61 Å². The first-order chi connectivity index (χ1) is 7.10. The van der Waals surface area contributed by atoms with Crippen molar-refractivity contribution in [2.75, 3.05) is 26.4 Å². The molecule has 1 N–H and O–H groups in total. The molecule has 0 aromatic heterocycles. The smallest absolute Gasteiger partial charge is 0.0781 e. The second kappa shape index (κ2) is 9.09. The Morgan fingerprint density at radius 1 is 0.867 bits per heavy atom. The van der Waals surface area contributed by atoms with Gasteiger partial charge in [-0.15, -0.1) is 0 Å². The molecule has 0 amide bonds. The van der Waals surface area contributed by atoms with Crippen LogP contribution in [0.3, 0.4) is 0 Å². The van der Waals surface area contributed by atoms with Crippen LogP contribution in [0.25, 0.3) is 0 Å². The quantitative estimate of drug-likeness (QED) is 0.634. The maximum atomic E-state index is 8.75. The summed E-state index contributed by atoms with van der Waals surface area (Å²) in [6.07, 6.45) is 0.0231. The third-order valence-corrected chi connectivity index (χ3v) is 1.94. The van der Waals surface area contributed by atoms with Crippen LogP contribution in [-0.4, -0.2) is 49.8 Å². The van der Waals surface area contributed by atoms with E-state index >= 15 is 0 Å². The number of ether oxygens (including phenoxy) is 3. The van der Waals surface area contributed by atoms with Crippen LogP contribution in [0, 0.1) is 0 Å². The first kappa shape index (κ1) is 14.8. The minimum atomic E-state index is -0.125. The zero-order valence-electron chi connectivity index (χ0n) is 10.2. The van der Waals surface area contributed by atoms with Crippen molar-refractivity contribution in [1.82, 2.24) is 0 Å². The molecule has 0 spiro atoms. The molecule has 0 bridgehead atoms. The SMILES string of the molecule is CCOC(C)COC(C)COC(C)CO. The van der Waals surface area contributed by atoms with Gasteiger partial charge in [-0.25, -0.2) is 0 Å². The Morgan fingerprint density at radius 2 is 1.33 bits per heavy atom. The Labute approximate surface area is 92.5 Å². The molecule has 0 aliphatic heterocycles. The average Bonchev–Trinajstić information content (AvgIpc) is 2.23. The predicted molar refractivity (Wildman–Crippen MR) is 59.0 cm³/mol. The summed E-state index contributed by atoms with van der Waals surface area (Å²) in [5.74, 6) is 0. The minimum Gasteiger partial charge on any atom is -0.394 e. The Hall–Kier alpha value is -0.160. The van der Waals surface area contributed by atoms with Gasteiger partial charge < -0.3 is 19.3 Å². The van der Waals surface area contributed by atoms with Crippen LogP contribution in [0.1, 0.15) is 27.7 Å². The highest BCUT2D eigenvalue weighted by Gasteiger charge is 2.08. The zero-order chi connectivity index (χ0) is 11.7. The highest BCUT2D eigenvalue weighted by molar-refractivity contribution is 4.54. The van der Waals surface area contributed by atoms with Gasteiger partial charge >= 0.3 is 0 Å². The molecule has 0 saturated heterocycles. The van der Waals surface area contributed by atoms with Gasteiger partial charge in [0.15, 0.2) is 0 Å². The largest absolute Gasteiger partial charge is 0.394 e. The van der Waals surface area contributed by atoms with Crippen molar-refractivity contribution in [2.24, 2.45) is 0 Å². The Kier molecular flexibility index (Phi) is 9.00. The van der Waals surface area contributed by atoms with Gasteiger partial charge in [-0.1, -0.05) is 0 Å². The van der Waals surface area contributed by atoms with Crippen LogP contribution in [0.2, 0.25) is 0 Å². The Morgan fingerprint density at radius 3 is 1.80 bits per heavy atom. The van der Waals surface area contributed by atoms with Gasteiger partial charge in [0.2, 0.25) is 0 Å². The Bertz CT molecular complexity index is 141. The standard InChI is InChI=1S/C11H24O4/c1-5-13-10(3)7-15-11(4)8-14-9(2)6-12/h9-12H,5-8H2,1-4H3. The molecule has 0 heterocycles. The van der Waals surface area contributed by atoms with Crippen molar-refractivity contribution >= 4 is 0 Å². The second-order valence-corrected chi connectivity index (χ2v) is 3.74. The molecule has 0 rings (SSSR count). The van der Waals surface area contributed by atoms with Crippen LogP contribution in [-0.2, 0) is 14.2 Å². The van der Waals surface area contributed by atoms with Crippen molar-refractivity contribution in [3.63, 3.8) is 0 Å². The van der Waals surface area contributed by atoms with Crippen molar-refractivity contribution in [1.29, 1.82) is 0 Å². The van der Waals surface area contributed by atoms with E-state index < -0.39 is 0 Å². The number of rotatable bonds is 9. The first-order valence-corrected chi connectivity index (χ1v) is 5.55. The van der Waals surface area contributed by atoms with E-state index in [1.54, 1.807) is 0 Å². The van der Waals surface area contributed by atoms with Gasteiger partial charge in [-0.05, 0) is 27.7 Å². The maximum Gasteiger partial charge on any atom is 0.0781 e. The molecule has 0 saturated carbocycles. The predicted octanol–water partition coefficient (Wildman–Crippen LogP) is 1.21. The van der Waals surface area contributed by atoms with Crippen LogP contribution in [0.4, 0.5) is 0 Å². The summed E-state index contributed by atoms with van der Waals surface area (Å²) in [5.41, 5.74) is 0. The lowest BCUT2D eigenvalue weighted by atomic mass is 10.4. The molecule has 92 valence electrons. The molecule has 3 unspecified atom stereocenters. The summed E-state index contributed by atoms with van der Waals surface area (Å²) < 4.78 is 16.2. The molecule has 4 heteroatoms. The van der Waals surface area contributed by atoms with E-state index in [1.807, 2.05) is 27.7 Å². The van der Waals surface area contributed by atoms with Crippen molar-refractivity contribution in [3.05, 3.63) is 0 Å². The molecule has 0 radical (unpaired) electrons. The van der Waals surface area contributed by atoms with E-state index in [9.17, 15) is 0 Å². The van der Waals surface area contributed by atoms with Crippen LogP contribution in [0.15, 0.2) is 0 Å². The second-order valence-electron chi connectivity index (χ2n) is 3.74. The van der Waals surface area contributed by atoms with E-state index in [-0.39, 0.29) is 24.9 Å². The van der Waals surface area contributed by atoms with E-state index in [4.69, 9.17) is 19.3 Å². The number of hydrogen-bond acceptors (Lipinski definition) is 4. The van der Waals surface area contributed by atoms with Gasteiger partial charge in [-0.3, -0.25) is 0 Å². The number of aliphatic hydroxyl groups is 1. The molecular weight excluding hydrogens is 196 g/mol. The summed E-state index contributed by atoms with van der Waals surface area (Å²) in [5, 5.41) is 8.75. The molecule has 0 fully saturated rings. The summed E-state index contributed by atoms with van der Waals surface area (Å²) >= 11 is 0. The lowest BCUT2D eigenvalue weighted by Crippen LogP contribution is -2.26. The fraction of sp³-hybridized carbons (Fsp3) is 1.00. The minimum absolute atomic E-state index is 0.0295. The average molecular weight is 220 g/mol. The number of hydrogen-bond donors (Lipinski definition) is 1. The molecule has 0 aromatic carbocycles. The topological polar surface area (TPSA) is 47.9 Å². The monoisotopic (exact) mass is 220 g/mol.